The third-order valence-electron chi connectivity index (χ3n) is 4.82. The van der Waals surface area contributed by atoms with Gasteiger partial charge in [0.2, 0.25) is 5.91 Å². The summed E-state index contributed by atoms with van der Waals surface area (Å²) in [6, 6.07) is 5.90. The van der Waals surface area contributed by atoms with Crippen molar-refractivity contribution in [1.82, 2.24) is 14.9 Å². The first-order chi connectivity index (χ1) is 13.9. The highest BCUT2D eigenvalue weighted by Crippen LogP contribution is 2.30. The first-order valence-electron chi connectivity index (χ1n) is 9.33. The van der Waals surface area contributed by atoms with Gasteiger partial charge in [0.25, 0.3) is 5.56 Å². The molecule has 7 heteroatoms. The lowest BCUT2D eigenvalue weighted by Crippen LogP contribution is -2.26. The van der Waals surface area contributed by atoms with Gasteiger partial charge in [-0.1, -0.05) is 30.7 Å². The Balaban J connectivity index is 2.17. The van der Waals surface area contributed by atoms with E-state index in [4.69, 9.17) is 11.4 Å². The molecule has 0 aliphatic rings. The monoisotopic (exact) mass is 425 g/mol. The maximum atomic E-state index is 13.5. The van der Waals surface area contributed by atoms with E-state index in [0.29, 0.717) is 10.5 Å². The molecule has 1 aromatic carbocycles. The minimum Gasteiger partial charge on any atom is -0.344 e. The van der Waals surface area contributed by atoms with Crippen molar-refractivity contribution in [2.45, 2.75) is 39.3 Å². The zero-order valence-corrected chi connectivity index (χ0v) is 18.6. The number of benzene rings is 1. The number of carbonyl (C=O) groups excluding carboxylic acids is 1. The zero-order chi connectivity index (χ0) is 21.1. The van der Waals surface area contributed by atoms with Crippen molar-refractivity contribution in [3.05, 3.63) is 50.1 Å². The molecular weight excluding hydrogens is 402 g/mol. The molecule has 2 aromatic heterocycles. The van der Waals surface area contributed by atoms with Crippen molar-refractivity contribution in [1.29, 1.82) is 0 Å². The van der Waals surface area contributed by atoms with Crippen LogP contribution in [0, 0.1) is 33.1 Å². The lowest BCUT2D eigenvalue weighted by molar-refractivity contribution is -0.118. The van der Waals surface area contributed by atoms with Gasteiger partial charge in [-0.05, 0) is 56.0 Å². The van der Waals surface area contributed by atoms with E-state index in [1.54, 1.807) is 4.57 Å². The number of aryl methyl sites for hydroxylation is 4. The number of fused-ring (bicyclic) bond motifs is 1. The Hall–Kier alpha value is -2.56. The Morgan fingerprint density at radius 3 is 2.72 bits per heavy atom. The van der Waals surface area contributed by atoms with Crippen molar-refractivity contribution >= 4 is 39.2 Å². The highest BCUT2D eigenvalue weighted by atomic mass is 32.2. The number of hydrogen-bond acceptors (Lipinski definition) is 5. The minimum atomic E-state index is -0.189. The van der Waals surface area contributed by atoms with E-state index in [9.17, 15) is 9.59 Å². The molecule has 1 amide bonds. The number of aromatic nitrogens is 2. The van der Waals surface area contributed by atoms with Gasteiger partial charge in [-0.3, -0.25) is 14.2 Å². The number of carbonyl (C=O) groups is 1. The van der Waals surface area contributed by atoms with Crippen LogP contribution in [0.1, 0.15) is 28.5 Å². The van der Waals surface area contributed by atoms with Gasteiger partial charge in [-0.2, -0.15) is 0 Å². The Morgan fingerprint density at radius 2 is 2.07 bits per heavy atom. The predicted molar refractivity (Wildman–Crippen MR) is 121 cm³/mol. The molecule has 1 N–H and O–H groups in total. The van der Waals surface area contributed by atoms with Crippen LogP contribution in [-0.4, -0.2) is 27.8 Å². The third-order valence-corrected chi connectivity index (χ3v) is 6.80. The molecule has 150 valence electrons. The fourth-order valence-corrected chi connectivity index (χ4v) is 5.14. The van der Waals surface area contributed by atoms with Crippen LogP contribution >= 0.6 is 23.1 Å². The minimum absolute atomic E-state index is 0.0917. The van der Waals surface area contributed by atoms with Crippen LogP contribution < -0.4 is 10.9 Å². The predicted octanol–water partition coefficient (Wildman–Crippen LogP) is 3.78. The Bertz CT molecular complexity index is 1190. The molecular formula is C22H23N3O2S2. The number of nitrogens with one attached hydrogen (secondary N) is 1. The molecule has 0 fully saturated rings. The molecule has 0 atom stereocenters. The van der Waals surface area contributed by atoms with Gasteiger partial charge in [-0.15, -0.1) is 17.8 Å². The fourth-order valence-electron chi connectivity index (χ4n) is 3.14. The second kappa shape index (κ2) is 8.85. The largest absolute Gasteiger partial charge is 0.344 e. The number of thiophene rings is 1. The van der Waals surface area contributed by atoms with E-state index in [0.717, 1.165) is 38.5 Å². The van der Waals surface area contributed by atoms with Gasteiger partial charge in [0.15, 0.2) is 5.16 Å². The number of hydrogen-bond donors (Lipinski definition) is 1. The summed E-state index contributed by atoms with van der Waals surface area (Å²) in [6.45, 7) is 8.30. The van der Waals surface area contributed by atoms with Gasteiger partial charge in [0, 0.05) is 4.88 Å². The molecule has 0 spiro atoms. The summed E-state index contributed by atoms with van der Waals surface area (Å²) < 4.78 is 1.62. The second-order valence-electron chi connectivity index (χ2n) is 6.74. The van der Waals surface area contributed by atoms with Crippen LogP contribution in [0.4, 0.5) is 0 Å². The van der Waals surface area contributed by atoms with Crippen molar-refractivity contribution < 1.29 is 4.79 Å². The lowest BCUT2D eigenvalue weighted by atomic mass is 10.1. The Kier molecular flexibility index (Phi) is 6.46. The van der Waals surface area contributed by atoms with Crippen LogP contribution in [0.25, 0.3) is 15.9 Å². The summed E-state index contributed by atoms with van der Waals surface area (Å²) in [5.41, 5.74) is 3.95. The highest BCUT2D eigenvalue weighted by molar-refractivity contribution is 7.99. The average molecular weight is 426 g/mol. The summed E-state index contributed by atoms with van der Waals surface area (Å²) in [6.07, 6.45) is 5.97. The first kappa shape index (κ1) is 21.2. The molecule has 0 radical (unpaired) electrons. The van der Waals surface area contributed by atoms with Crippen LogP contribution in [-0.2, 0) is 11.2 Å². The molecule has 0 bridgehead atoms. The van der Waals surface area contributed by atoms with Gasteiger partial charge in [-0.25, -0.2) is 4.98 Å². The number of amides is 1. The van der Waals surface area contributed by atoms with Crippen molar-refractivity contribution in [2.75, 3.05) is 12.3 Å². The van der Waals surface area contributed by atoms with Gasteiger partial charge in [0.1, 0.15) is 4.83 Å². The maximum absolute atomic E-state index is 13.5. The van der Waals surface area contributed by atoms with Crippen molar-refractivity contribution in [2.24, 2.45) is 0 Å². The second-order valence-corrected chi connectivity index (χ2v) is 8.89. The molecule has 3 rings (SSSR count). The van der Waals surface area contributed by atoms with Gasteiger partial charge in [0.05, 0.1) is 23.4 Å². The van der Waals surface area contributed by atoms with Crippen LogP contribution in [0.2, 0.25) is 0 Å². The number of rotatable bonds is 6. The highest BCUT2D eigenvalue weighted by Gasteiger charge is 2.20. The topological polar surface area (TPSA) is 64.0 Å². The van der Waals surface area contributed by atoms with Crippen LogP contribution in [0.3, 0.4) is 0 Å². The summed E-state index contributed by atoms with van der Waals surface area (Å²) in [5.74, 6) is 2.33. The van der Waals surface area contributed by atoms with E-state index in [1.165, 1.54) is 23.1 Å². The van der Waals surface area contributed by atoms with E-state index >= 15 is 0 Å². The van der Waals surface area contributed by atoms with Crippen molar-refractivity contribution in [3.63, 3.8) is 0 Å². The molecule has 0 saturated heterocycles. The third kappa shape index (κ3) is 4.24. The number of terminal acetylenes is 1. The molecule has 0 aliphatic carbocycles. The molecule has 5 nitrogen and oxygen atoms in total. The van der Waals surface area contributed by atoms with Crippen LogP contribution in [0.5, 0.6) is 0 Å². The normalized spacial score (nSPS) is 10.9. The lowest BCUT2D eigenvalue weighted by Gasteiger charge is -2.14. The van der Waals surface area contributed by atoms with Crippen molar-refractivity contribution in [3.8, 4) is 18.0 Å². The summed E-state index contributed by atoms with van der Waals surface area (Å²) in [7, 11) is 0. The smallest absolute Gasteiger partial charge is 0.267 e. The number of nitrogens with zero attached hydrogens (tertiary/aromatic N) is 2. The SMILES string of the molecule is C#CCNC(=O)CSc1nc2sc(C)c(CC)c2c(=O)n1-c1ccc(C)c(C)c1. The molecule has 3 aromatic rings. The average Bonchev–Trinajstić information content (AvgIpc) is 3.02. The Labute approximate surface area is 178 Å². The zero-order valence-electron chi connectivity index (χ0n) is 17.0. The van der Waals surface area contributed by atoms with Gasteiger partial charge >= 0.3 is 0 Å². The van der Waals surface area contributed by atoms with Gasteiger partial charge < -0.3 is 5.32 Å². The summed E-state index contributed by atoms with van der Waals surface area (Å²) in [4.78, 5) is 32.2. The van der Waals surface area contributed by atoms with Crippen LogP contribution in [0.15, 0.2) is 28.2 Å². The molecule has 2 heterocycles. The molecule has 0 unspecified atom stereocenters. The Morgan fingerprint density at radius 1 is 1.31 bits per heavy atom. The van der Waals surface area contributed by atoms with E-state index in [-0.39, 0.29) is 23.8 Å². The number of thioether (sulfide) groups is 1. The first-order valence-corrected chi connectivity index (χ1v) is 11.1. The fraction of sp³-hybridized carbons (Fsp3) is 0.318. The van der Waals surface area contributed by atoms with E-state index in [2.05, 4.69) is 11.2 Å². The summed E-state index contributed by atoms with van der Waals surface area (Å²) >= 11 is 2.76. The molecule has 29 heavy (non-hydrogen) atoms. The van der Waals surface area contributed by atoms with E-state index in [1.807, 2.05) is 45.9 Å². The van der Waals surface area contributed by atoms with E-state index < -0.39 is 0 Å². The molecule has 0 saturated carbocycles. The standard InChI is InChI=1S/C22H23N3O2S2/c1-6-10-23-18(26)12-28-22-24-20-19(17(7-2)15(5)29-20)21(27)25(22)16-9-8-13(3)14(4)11-16/h1,8-9,11H,7,10,12H2,2-5H3,(H,23,26). The molecule has 0 aliphatic heterocycles. The maximum Gasteiger partial charge on any atom is 0.267 e. The summed E-state index contributed by atoms with van der Waals surface area (Å²) in [5, 5.41) is 3.82. The quantitative estimate of drug-likeness (QED) is 0.371.